The number of halogens is 2. The molecule has 0 aromatic heterocycles. The third kappa shape index (κ3) is 2.69. The Morgan fingerprint density at radius 2 is 2.08 bits per heavy atom. The first kappa shape index (κ1) is 17.8. The van der Waals surface area contributed by atoms with Gasteiger partial charge in [-0.2, -0.15) is 0 Å². The summed E-state index contributed by atoms with van der Waals surface area (Å²) in [5.74, 6) is -4.02. The van der Waals surface area contributed by atoms with Crippen molar-refractivity contribution in [2.24, 2.45) is 0 Å². The van der Waals surface area contributed by atoms with Gasteiger partial charge in [0.1, 0.15) is 18.2 Å². The van der Waals surface area contributed by atoms with Gasteiger partial charge in [0.2, 0.25) is 0 Å². The SMILES string of the molecule is C=C(C)c1c(F)cc(F)cc1[C@H]1C(C(=O)OC)=C(C)NC2=C1C(=O)OC2. The molecule has 7 heteroatoms. The monoisotopic (exact) mass is 361 g/mol. The Hall–Kier alpha value is -2.96. The number of dihydropyridines is 1. The summed E-state index contributed by atoms with van der Waals surface area (Å²) in [5, 5.41) is 2.95. The van der Waals surface area contributed by atoms with Crippen LogP contribution < -0.4 is 5.32 Å². The van der Waals surface area contributed by atoms with E-state index < -0.39 is 29.5 Å². The van der Waals surface area contributed by atoms with Crippen LogP contribution in [0.5, 0.6) is 0 Å². The van der Waals surface area contributed by atoms with Crippen LogP contribution in [0.25, 0.3) is 5.57 Å². The summed E-state index contributed by atoms with van der Waals surface area (Å²) in [4.78, 5) is 24.7. The molecule has 5 nitrogen and oxygen atoms in total. The van der Waals surface area contributed by atoms with E-state index in [0.29, 0.717) is 17.0 Å². The van der Waals surface area contributed by atoms with E-state index in [1.807, 2.05) is 0 Å². The standard InChI is InChI=1S/C19H17F2NO4/c1-8(2)14-11(5-10(20)6-12(14)21)16-15(18(23)25-4)9(3)22-13-7-26-19(24)17(13)16/h5-6,16,22H,1,7H2,2-4H3/t16-/m0/s1. The Bertz CT molecular complexity index is 914. The molecule has 0 amide bonds. The van der Waals surface area contributed by atoms with Crippen molar-refractivity contribution >= 4 is 17.5 Å². The van der Waals surface area contributed by atoms with Crippen molar-refractivity contribution in [3.63, 3.8) is 0 Å². The molecule has 0 spiro atoms. The molecule has 1 aromatic carbocycles. The van der Waals surface area contributed by atoms with Crippen LogP contribution in [0.3, 0.4) is 0 Å². The van der Waals surface area contributed by atoms with Gasteiger partial charge in [0.15, 0.2) is 0 Å². The molecule has 0 saturated heterocycles. The first-order valence-electron chi connectivity index (χ1n) is 7.87. The molecule has 0 unspecified atom stereocenters. The molecule has 26 heavy (non-hydrogen) atoms. The van der Waals surface area contributed by atoms with Gasteiger partial charge in [0, 0.05) is 17.3 Å². The van der Waals surface area contributed by atoms with Crippen LogP contribution in [0.4, 0.5) is 8.78 Å². The van der Waals surface area contributed by atoms with Crippen molar-refractivity contribution in [1.82, 2.24) is 5.32 Å². The molecule has 0 fully saturated rings. The number of carbonyl (C=O) groups is 2. The van der Waals surface area contributed by atoms with Gasteiger partial charge in [-0.15, -0.1) is 0 Å². The second-order valence-electron chi connectivity index (χ2n) is 6.19. The number of hydrogen-bond acceptors (Lipinski definition) is 5. The number of esters is 2. The van der Waals surface area contributed by atoms with E-state index in [1.54, 1.807) is 13.8 Å². The summed E-state index contributed by atoms with van der Waals surface area (Å²) < 4.78 is 38.4. The predicted molar refractivity (Wildman–Crippen MR) is 89.6 cm³/mol. The van der Waals surface area contributed by atoms with E-state index in [-0.39, 0.29) is 28.9 Å². The number of nitrogens with one attached hydrogen (secondary N) is 1. The van der Waals surface area contributed by atoms with E-state index in [1.165, 1.54) is 7.11 Å². The van der Waals surface area contributed by atoms with E-state index in [4.69, 9.17) is 9.47 Å². The summed E-state index contributed by atoms with van der Waals surface area (Å²) in [6, 6.07) is 1.85. The van der Waals surface area contributed by atoms with Crippen molar-refractivity contribution in [2.75, 3.05) is 13.7 Å². The molecule has 0 radical (unpaired) electrons. The summed E-state index contributed by atoms with van der Waals surface area (Å²) in [7, 11) is 1.20. The Labute approximate surface area is 149 Å². The van der Waals surface area contributed by atoms with Gasteiger partial charge >= 0.3 is 11.9 Å². The van der Waals surface area contributed by atoms with E-state index in [0.717, 1.165) is 12.1 Å². The molecule has 1 N–H and O–H groups in total. The average molecular weight is 361 g/mol. The summed E-state index contributed by atoms with van der Waals surface area (Å²) in [6.07, 6.45) is 0. The fourth-order valence-corrected chi connectivity index (χ4v) is 3.43. The Kier molecular flexibility index (Phi) is 4.39. The van der Waals surface area contributed by atoms with Crippen molar-refractivity contribution < 1.29 is 27.8 Å². The lowest BCUT2D eigenvalue weighted by atomic mass is 9.78. The lowest BCUT2D eigenvalue weighted by Gasteiger charge is -2.29. The molecule has 3 rings (SSSR count). The second-order valence-corrected chi connectivity index (χ2v) is 6.19. The van der Waals surface area contributed by atoms with Crippen LogP contribution in [-0.4, -0.2) is 25.7 Å². The zero-order valence-electron chi connectivity index (χ0n) is 14.5. The lowest BCUT2D eigenvalue weighted by Crippen LogP contribution is -2.30. The third-order valence-electron chi connectivity index (χ3n) is 4.44. The minimum absolute atomic E-state index is 0.00331. The number of methoxy groups -OCH3 is 1. The number of benzene rings is 1. The highest BCUT2D eigenvalue weighted by molar-refractivity contribution is 6.01. The van der Waals surface area contributed by atoms with Gasteiger partial charge in [-0.3, -0.25) is 0 Å². The molecule has 136 valence electrons. The Morgan fingerprint density at radius 1 is 1.38 bits per heavy atom. The Morgan fingerprint density at radius 3 is 2.69 bits per heavy atom. The molecule has 0 aliphatic carbocycles. The highest BCUT2D eigenvalue weighted by Gasteiger charge is 2.43. The summed E-state index contributed by atoms with van der Waals surface area (Å²) in [6.45, 7) is 6.93. The minimum atomic E-state index is -1.02. The van der Waals surface area contributed by atoms with Crippen LogP contribution in [0.1, 0.15) is 30.9 Å². The molecular weight excluding hydrogens is 344 g/mol. The molecular formula is C19H17F2NO4. The van der Waals surface area contributed by atoms with Gasteiger partial charge in [-0.1, -0.05) is 6.58 Å². The summed E-state index contributed by atoms with van der Waals surface area (Å²) in [5.41, 5.74) is 1.65. The van der Waals surface area contributed by atoms with Crippen LogP contribution in [0.15, 0.2) is 41.3 Å². The van der Waals surface area contributed by atoms with E-state index in [2.05, 4.69) is 11.9 Å². The first-order chi connectivity index (χ1) is 12.3. The third-order valence-corrected chi connectivity index (χ3v) is 4.44. The fourth-order valence-electron chi connectivity index (χ4n) is 3.43. The van der Waals surface area contributed by atoms with Gasteiger partial charge in [0.25, 0.3) is 0 Å². The van der Waals surface area contributed by atoms with Crippen molar-refractivity contribution in [2.45, 2.75) is 19.8 Å². The van der Waals surface area contributed by atoms with Crippen molar-refractivity contribution in [3.05, 3.63) is 64.0 Å². The van der Waals surface area contributed by atoms with Crippen molar-refractivity contribution in [3.8, 4) is 0 Å². The van der Waals surface area contributed by atoms with Gasteiger partial charge < -0.3 is 14.8 Å². The van der Waals surface area contributed by atoms with Gasteiger partial charge in [-0.25, -0.2) is 18.4 Å². The molecule has 2 aliphatic heterocycles. The highest BCUT2D eigenvalue weighted by atomic mass is 19.1. The Balaban J connectivity index is 2.34. The number of allylic oxidation sites excluding steroid dienone is 2. The predicted octanol–water partition coefficient (Wildman–Crippen LogP) is 2.94. The summed E-state index contributed by atoms with van der Waals surface area (Å²) >= 11 is 0. The van der Waals surface area contributed by atoms with Crippen molar-refractivity contribution in [1.29, 1.82) is 0 Å². The number of hydrogen-bond donors (Lipinski definition) is 1. The number of ether oxygens (including phenoxy) is 2. The maximum atomic E-state index is 14.5. The highest BCUT2D eigenvalue weighted by Crippen LogP contribution is 2.44. The van der Waals surface area contributed by atoms with E-state index in [9.17, 15) is 18.4 Å². The van der Waals surface area contributed by atoms with Crippen LogP contribution in [-0.2, 0) is 19.1 Å². The number of rotatable bonds is 3. The largest absolute Gasteiger partial charge is 0.466 e. The topological polar surface area (TPSA) is 64.6 Å². The molecule has 0 saturated carbocycles. The normalized spacial score (nSPS) is 19.1. The van der Waals surface area contributed by atoms with Crippen LogP contribution >= 0.6 is 0 Å². The molecule has 2 heterocycles. The molecule has 1 atom stereocenters. The second kappa shape index (κ2) is 6.40. The number of carbonyl (C=O) groups excluding carboxylic acids is 2. The maximum absolute atomic E-state index is 14.5. The smallest absolute Gasteiger partial charge is 0.337 e. The van der Waals surface area contributed by atoms with Gasteiger partial charge in [0.05, 0.1) is 29.9 Å². The minimum Gasteiger partial charge on any atom is -0.466 e. The maximum Gasteiger partial charge on any atom is 0.337 e. The quantitative estimate of drug-likeness (QED) is 0.839. The zero-order chi connectivity index (χ0) is 19.2. The fraction of sp³-hybridized carbons (Fsp3) is 0.263. The first-order valence-corrected chi connectivity index (χ1v) is 7.87. The molecule has 1 aromatic rings. The number of cyclic esters (lactones) is 1. The average Bonchev–Trinajstić information content (AvgIpc) is 2.92. The van der Waals surface area contributed by atoms with Gasteiger partial charge in [-0.05, 0) is 31.1 Å². The molecule has 0 bridgehead atoms. The zero-order valence-corrected chi connectivity index (χ0v) is 14.5. The van der Waals surface area contributed by atoms with Crippen LogP contribution in [0.2, 0.25) is 0 Å². The molecule has 2 aliphatic rings. The lowest BCUT2D eigenvalue weighted by molar-refractivity contribution is -0.136. The van der Waals surface area contributed by atoms with Crippen LogP contribution in [0, 0.1) is 11.6 Å². The van der Waals surface area contributed by atoms with E-state index >= 15 is 0 Å².